The molecule has 2 amide bonds. The minimum atomic E-state index is -0.975. The van der Waals surface area contributed by atoms with Crippen LogP contribution >= 0.6 is 0 Å². The van der Waals surface area contributed by atoms with Crippen molar-refractivity contribution >= 4 is 23.0 Å². The lowest BCUT2D eigenvalue weighted by Crippen LogP contribution is -2.58. The second-order valence-corrected chi connectivity index (χ2v) is 8.11. The van der Waals surface area contributed by atoms with E-state index in [1.54, 1.807) is 24.3 Å². The van der Waals surface area contributed by atoms with Gasteiger partial charge in [-0.15, -0.1) is 0 Å². The van der Waals surface area contributed by atoms with Crippen molar-refractivity contribution in [2.24, 2.45) is 0 Å². The van der Waals surface area contributed by atoms with Gasteiger partial charge in [0, 0.05) is 32.4 Å². The molecule has 0 aliphatic carbocycles. The van der Waals surface area contributed by atoms with Gasteiger partial charge in [0.05, 0.1) is 17.2 Å². The van der Waals surface area contributed by atoms with Crippen molar-refractivity contribution < 1.29 is 14.1 Å². The fourth-order valence-electron chi connectivity index (χ4n) is 4.10. The summed E-state index contributed by atoms with van der Waals surface area (Å²) in [6.45, 7) is 1.59. The molecular weight excluding hydrogens is 300 g/mol. The fraction of sp³-hybridized carbons (Fsp3) is 0.500. The van der Waals surface area contributed by atoms with Crippen LogP contribution in [0.15, 0.2) is 24.3 Å². The van der Waals surface area contributed by atoms with E-state index in [0.717, 1.165) is 25.9 Å². The quantitative estimate of drug-likeness (QED) is 0.617. The molecule has 4 rings (SSSR count). The Kier molecular flexibility index (Phi) is 3.29. The van der Waals surface area contributed by atoms with Gasteiger partial charge in [-0.1, -0.05) is 12.1 Å². The Balaban J connectivity index is 1.73. The molecule has 0 aromatic heterocycles. The van der Waals surface area contributed by atoms with Gasteiger partial charge in [0.15, 0.2) is 0 Å². The third-order valence-corrected chi connectivity index (χ3v) is 7.42. The lowest BCUT2D eigenvalue weighted by Gasteiger charge is -2.40. The molecule has 3 aliphatic heterocycles. The van der Waals surface area contributed by atoms with Crippen molar-refractivity contribution in [3.63, 3.8) is 0 Å². The zero-order valence-corrected chi connectivity index (χ0v) is 13.0. The molecule has 0 bridgehead atoms. The number of hydrogen-bond acceptors (Lipinski definition) is 4. The van der Waals surface area contributed by atoms with Crippen LogP contribution in [0.4, 0.5) is 0 Å². The van der Waals surface area contributed by atoms with Gasteiger partial charge in [0.2, 0.25) is 0 Å². The molecule has 2 unspecified atom stereocenters. The Bertz CT molecular complexity index is 607. The minimum Gasteiger partial charge on any atom is -0.616 e. The molecule has 2 fully saturated rings. The van der Waals surface area contributed by atoms with Crippen LogP contribution in [0.2, 0.25) is 0 Å². The van der Waals surface area contributed by atoms with Gasteiger partial charge < -0.3 is 9.87 Å². The summed E-state index contributed by atoms with van der Waals surface area (Å²) >= 11 is -0.975. The minimum absolute atomic E-state index is 0.220. The normalized spacial score (nSPS) is 30.1. The number of carbonyl (C=O) groups excluding carboxylic acids is 2. The van der Waals surface area contributed by atoms with Crippen LogP contribution in [-0.2, 0) is 11.2 Å². The third-order valence-electron chi connectivity index (χ3n) is 5.22. The second kappa shape index (κ2) is 5.08. The van der Waals surface area contributed by atoms with E-state index in [1.807, 2.05) is 0 Å². The van der Waals surface area contributed by atoms with Crippen molar-refractivity contribution in [2.45, 2.75) is 30.1 Å². The highest BCUT2D eigenvalue weighted by Crippen LogP contribution is 2.44. The number of fused-ring (bicyclic) bond motifs is 1. The number of hydrogen-bond donors (Lipinski definition) is 1. The van der Waals surface area contributed by atoms with Crippen LogP contribution in [0.1, 0.15) is 40.0 Å². The molecule has 0 saturated carbocycles. The average molecular weight is 318 g/mol. The van der Waals surface area contributed by atoms with Gasteiger partial charge in [-0.3, -0.25) is 14.5 Å². The topological polar surface area (TPSA) is 72.5 Å². The molecule has 2 saturated heterocycles. The van der Waals surface area contributed by atoms with Crippen LogP contribution < -0.4 is 5.32 Å². The molecular formula is C16H18N2O3S. The summed E-state index contributed by atoms with van der Waals surface area (Å²) in [5, 5.41) is 3.28. The number of carbonyl (C=O) groups is 2. The van der Waals surface area contributed by atoms with E-state index in [1.165, 1.54) is 4.90 Å². The van der Waals surface area contributed by atoms with Gasteiger partial charge in [-0.25, -0.2) is 0 Å². The summed E-state index contributed by atoms with van der Waals surface area (Å²) in [6.07, 6.45) is 2.17. The number of rotatable bonds is 1. The Morgan fingerprint density at radius 2 is 1.73 bits per heavy atom. The van der Waals surface area contributed by atoms with E-state index in [2.05, 4.69) is 5.32 Å². The highest BCUT2D eigenvalue weighted by molar-refractivity contribution is 7.93. The maximum Gasteiger partial charge on any atom is 0.262 e. The number of benzene rings is 1. The largest absolute Gasteiger partial charge is 0.616 e. The number of nitrogens with zero attached hydrogens (tertiary/aromatic N) is 1. The molecule has 3 heterocycles. The van der Waals surface area contributed by atoms with Gasteiger partial charge in [-0.05, 0) is 23.3 Å². The molecule has 5 nitrogen and oxygen atoms in total. The maximum absolute atomic E-state index is 12.7. The van der Waals surface area contributed by atoms with Crippen molar-refractivity contribution in [2.75, 3.05) is 18.8 Å². The SMILES string of the molecule is O=C1c2ccccc2C(=O)N1C1CC[S+]([O-])C12CCNCC2. The first-order valence-corrected chi connectivity index (χ1v) is 9.03. The summed E-state index contributed by atoms with van der Waals surface area (Å²) < 4.78 is 12.2. The maximum atomic E-state index is 12.7. The van der Waals surface area contributed by atoms with Gasteiger partial charge in [0.25, 0.3) is 11.8 Å². The monoisotopic (exact) mass is 318 g/mol. The molecule has 3 aliphatic rings. The standard InChI is InChI=1S/C16H18N2O3S/c19-14-11-3-1-2-4-12(11)15(20)18(14)13-5-10-22(21)16(13)6-8-17-9-7-16/h1-4,13,17H,5-10H2. The van der Waals surface area contributed by atoms with Crippen molar-refractivity contribution in [3.05, 3.63) is 35.4 Å². The van der Waals surface area contributed by atoms with Crippen molar-refractivity contribution in [3.8, 4) is 0 Å². The van der Waals surface area contributed by atoms with E-state index in [0.29, 0.717) is 23.3 Å². The first-order valence-electron chi connectivity index (χ1n) is 7.71. The molecule has 22 heavy (non-hydrogen) atoms. The van der Waals surface area contributed by atoms with E-state index >= 15 is 0 Å². The highest BCUT2D eigenvalue weighted by atomic mass is 32.2. The fourth-order valence-corrected chi connectivity index (χ4v) is 6.13. The molecule has 6 heteroatoms. The smallest absolute Gasteiger partial charge is 0.262 e. The van der Waals surface area contributed by atoms with Crippen LogP contribution in [0.3, 0.4) is 0 Å². The summed E-state index contributed by atoms with van der Waals surface area (Å²) in [4.78, 5) is 26.8. The third kappa shape index (κ3) is 1.81. The first-order chi connectivity index (χ1) is 10.6. The van der Waals surface area contributed by atoms with E-state index in [4.69, 9.17) is 0 Å². The molecule has 0 radical (unpaired) electrons. The predicted octanol–water partition coefficient (Wildman–Crippen LogP) is 0.926. The van der Waals surface area contributed by atoms with E-state index in [9.17, 15) is 14.1 Å². The molecule has 1 aromatic carbocycles. The Hall–Kier alpha value is -1.37. The first kappa shape index (κ1) is 14.2. The number of nitrogens with one attached hydrogen (secondary N) is 1. The zero-order valence-electron chi connectivity index (χ0n) is 12.2. The lowest BCUT2D eigenvalue weighted by molar-refractivity contribution is 0.0533. The van der Waals surface area contributed by atoms with E-state index in [-0.39, 0.29) is 17.9 Å². The average Bonchev–Trinajstić information content (AvgIpc) is 2.98. The summed E-state index contributed by atoms with van der Waals surface area (Å²) in [6, 6.07) is 6.73. The number of amides is 2. The molecule has 1 aromatic rings. The van der Waals surface area contributed by atoms with Crippen LogP contribution in [0, 0.1) is 0 Å². The van der Waals surface area contributed by atoms with Crippen molar-refractivity contribution in [1.82, 2.24) is 10.2 Å². The van der Waals surface area contributed by atoms with Crippen molar-refractivity contribution in [1.29, 1.82) is 0 Å². The number of imide groups is 1. The zero-order chi connectivity index (χ0) is 15.3. The predicted molar refractivity (Wildman–Crippen MR) is 83.2 cm³/mol. The van der Waals surface area contributed by atoms with Crippen LogP contribution in [0.25, 0.3) is 0 Å². The Labute approximate surface area is 132 Å². The second-order valence-electron chi connectivity index (χ2n) is 6.19. The number of piperidine rings is 1. The molecule has 1 spiro atoms. The summed E-state index contributed by atoms with van der Waals surface area (Å²) in [7, 11) is 0. The van der Waals surface area contributed by atoms with Gasteiger partial charge in [0.1, 0.15) is 10.5 Å². The Morgan fingerprint density at radius 3 is 2.32 bits per heavy atom. The summed E-state index contributed by atoms with van der Waals surface area (Å²) in [5.74, 6) is 0.141. The van der Waals surface area contributed by atoms with Crippen LogP contribution in [0.5, 0.6) is 0 Å². The molecule has 1 N–H and O–H groups in total. The van der Waals surface area contributed by atoms with Crippen LogP contribution in [-0.4, -0.2) is 50.9 Å². The van der Waals surface area contributed by atoms with Gasteiger partial charge in [-0.2, -0.15) is 0 Å². The summed E-state index contributed by atoms with van der Waals surface area (Å²) in [5.41, 5.74) is 0.962. The highest BCUT2D eigenvalue weighted by Gasteiger charge is 2.60. The molecule has 116 valence electrons. The van der Waals surface area contributed by atoms with E-state index < -0.39 is 15.9 Å². The lowest BCUT2D eigenvalue weighted by atomic mass is 9.87. The molecule has 2 atom stereocenters. The van der Waals surface area contributed by atoms with Gasteiger partial charge >= 0.3 is 0 Å². The Morgan fingerprint density at radius 1 is 1.14 bits per heavy atom.